The predicted octanol–water partition coefficient (Wildman–Crippen LogP) is 2.16. The van der Waals surface area contributed by atoms with Crippen LogP contribution in [0.4, 0.5) is 0 Å². The minimum absolute atomic E-state index is 0.0386. The highest BCUT2D eigenvalue weighted by molar-refractivity contribution is 5.96. The molecule has 1 heterocycles. The van der Waals surface area contributed by atoms with Crippen molar-refractivity contribution in [1.82, 2.24) is 9.94 Å². The van der Waals surface area contributed by atoms with Crippen molar-refractivity contribution >= 4 is 5.91 Å². The Bertz CT molecular complexity index is 705. The molecule has 0 bridgehead atoms. The topological polar surface area (TPSA) is 122 Å². The van der Waals surface area contributed by atoms with E-state index in [0.717, 1.165) is 0 Å². The molecule has 9 nitrogen and oxygen atoms in total. The molecule has 0 unspecified atom stereocenters. The van der Waals surface area contributed by atoms with Crippen molar-refractivity contribution in [3.63, 3.8) is 0 Å². The van der Waals surface area contributed by atoms with E-state index in [9.17, 15) is 4.79 Å². The fourth-order valence-corrected chi connectivity index (χ4v) is 1.72. The first-order chi connectivity index (χ1) is 10.2. The molecule has 0 fully saturated rings. The third-order valence-electron chi connectivity index (χ3n) is 2.63. The number of hydrogen-bond acceptors (Lipinski definition) is 5. The van der Waals surface area contributed by atoms with Crippen LogP contribution in [0.15, 0.2) is 35.6 Å². The number of amides is 1. The molecule has 9 heteroatoms. The maximum atomic E-state index is 11.8. The highest BCUT2D eigenvalue weighted by Crippen LogP contribution is 2.24. The summed E-state index contributed by atoms with van der Waals surface area (Å²) in [4.78, 5) is 14.8. The quantitative estimate of drug-likeness (QED) is 0.391. The number of aromatic nitrogens is 2. The highest BCUT2D eigenvalue weighted by atomic mass is 16.5. The molecule has 1 aromatic heterocycles. The Morgan fingerprint density at radius 1 is 1.52 bits per heavy atom. The fraction of sp³-hybridized carbons (Fsp3) is 0.167. The molecule has 0 saturated heterocycles. The molecule has 0 saturated carbocycles. The second-order valence-electron chi connectivity index (χ2n) is 3.84. The molecule has 0 aliphatic rings. The Morgan fingerprint density at radius 3 is 2.95 bits per heavy atom. The van der Waals surface area contributed by atoms with Crippen LogP contribution in [0.1, 0.15) is 15.9 Å². The van der Waals surface area contributed by atoms with Crippen LogP contribution in [0.2, 0.25) is 0 Å². The van der Waals surface area contributed by atoms with E-state index in [4.69, 9.17) is 20.2 Å². The second kappa shape index (κ2) is 6.31. The minimum Gasteiger partial charge on any atom is -0.496 e. The van der Waals surface area contributed by atoms with Gasteiger partial charge < -0.3 is 14.7 Å². The number of carbonyl (C=O) groups is 1. The lowest BCUT2D eigenvalue weighted by Gasteiger charge is -2.12. The Balaban J connectivity index is 2.30. The lowest BCUT2D eigenvalue weighted by Crippen LogP contribution is -2.07. The largest absolute Gasteiger partial charge is 0.496 e. The van der Waals surface area contributed by atoms with Crippen LogP contribution in [0, 0.1) is 0 Å². The van der Waals surface area contributed by atoms with Gasteiger partial charge >= 0.3 is 0 Å². The molecular formula is C12H11N5O4. The van der Waals surface area contributed by atoms with Crippen molar-refractivity contribution in [2.24, 2.45) is 5.11 Å². The molecule has 2 rings (SSSR count). The second-order valence-corrected chi connectivity index (χ2v) is 3.84. The maximum absolute atomic E-state index is 11.8. The minimum atomic E-state index is -0.734. The van der Waals surface area contributed by atoms with Gasteiger partial charge in [-0.05, 0) is 16.7 Å². The van der Waals surface area contributed by atoms with Crippen LogP contribution in [-0.2, 0) is 6.61 Å². The van der Waals surface area contributed by atoms with Crippen molar-refractivity contribution in [1.29, 1.82) is 0 Å². The average molecular weight is 289 g/mol. The number of ether oxygens (including phenoxy) is 2. The van der Waals surface area contributed by atoms with Crippen LogP contribution < -0.4 is 9.47 Å². The van der Waals surface area contributed by atoms with E-state index < -0.39 is 5.91 Å². The molecule has 21 heavy (non-hydrogen) atoms. The molecule has 1 amide bonds. The zero-order valence-electron chi connectivity index (χ0n) is 11.0. The van der Waals surface area contributed by atoms with Crippen molar-refractivity contribution < 1.29 is 19.5 Å². The van der Waals surface area contributed by atoms with Gasteiger partial charge in [-0.3, -0.25) is 4.79 Å². The monoisotopic (exact) mass is 289 g/mol. The fourth-order valence-electron chi connectivity index (χ4n) is 1.72. The summed E-state index contributed by atoms with van der Waals surface area (Å²) in [5, 5.41) is 15.8. The van der Waals surface area contributed by atoms with Crippen molar-refractivity contribution in [3.8, 4) is 11.6 Å². The lowest BCUT2D eigenvalue weighted by atomic mass is 10.1. The number of azide groups is 1. The summed E-state index contributed by atoms with van der Waals surface area (Å²) in [6, 6.07) is 6.20. The molecular weight excluding hydrogens is 278 g/mol. The van der Waals surface area contributed by atoms with Crippen LogP contribution in [-0.4, -0.2) is 28.2 Å². The molecule has 0 spiro atoms. The molecule has 1 N–H and O–H groups in total. The Hall–Kier alpha value is -3.19. The SMILES string of the molecule is COc1cccc(C(=O)N=[N+]=[N-])c1COc1ccn(O)n1. The van der Waals surface area contributed by atoms with E-state index in [0.29, 0.717) is 16.2 Å². The van der Waals surface area contributed by atoms with E-state index in [-0.39, 0.29) is 18.1 Å². The number of methoxy groups -OCH3 is 1. The average Bonchev–Trinajstić information content (AvgIpc) is 2.90. The van der Waals surface area contributed by atoms with Crippen LogP contribution in [0.3, 0.4) is 0 Å². The van der Waals surface area contributed by atoms with Crippen LogP contribution in [0.25, 0.3) is 10.4 Å². The first kappa shape index (κ1) is 14.2. The van der Waals surface area contributed by atoms with Gasteiger partial charge in [0.25, 0.3) is 0 Å². The first-order valence-electron chi connectivity index (χ1n) is 5.78. The van der Waals surface area contributed by atoms with Crippen molar-refractivity contribution in [2.75, 3.05) is 7.11 Å². The zero-order chi connectivity index (χ0) is 15.2. The van der Waals surface area contributed by atoms with Gasteiger partial charge in [0.2, 0.25) is 11.8 Å². The summed E-state index contributed by atoms with van der Waals surface area (Å²) >= 11 is 0. The highest BCUT2D eigenvalue weighted by Gasteiger charge is 2.15. The molecule has 108 valence electrons. The molecule has 0 aliphatic carbocycles. The number of carbonyl (C=O) groups excluding carboxylic acids is 1. The number of benzene rings is 1. The first-order valence-corrected chi connectivity index (χ1v) is 5.78. The summed E-state index contributed by atoms with van der Waals surface area (Å²) in [5.41, 5.74) is 8.96. The van der Waals surface area contributed by atoms with Crippen molar-refractivity contribution in [2.45, 2.75) is 6.61 Å². The molecule has 1 aromatic carbocycles. The van der Waals surface area contributed by atoms with E-state index in [1.807, 2.05) is 0 Å². The van der Waals surface area contributed by atoms with Gasteiger partial charge in [0, 0.05) is 22.1 Å². The van der Waals surface area contributed by atoms with E-state index in [2.05, 4.69) is 15.1 Å². The third kappa shape index (κ3) is 3.23. The Kier molecular flexibility index (Phi) is 4.27. The Morgan fingerprint density at radius 2 is 2.33 bits per heavy atom. The van der Waals surface area contributed by atoms with Crippen LogP contribution in [0.5, 0.6) is 11.6 Å². The number of hydrogen-bond donors (Lipinski definition) is 1. The van der Waals surface area contributed by atoms with Crippen LogP contribution >= 0.6 is 0 Å². The number of rotatable bonds is 5. The van der Waals surface area contributed by atoms with Gasteiger partial charge in [0.05, 0.1) is 13.3 Å². The summed E-state index contributed by atoms with van der Waals surface area (Å²) < 4.78 is 10.5. The van der Waals surface area contributed by atoms with E-state index in [1.165, 1.54) is 25.4 Å². The third-order valence-corrected chi connectivity index (χ3v) is 2.63. The zero-order valence-corrected chi connectivity index (χ0v) is 11.0. The summed E-state index contributed by atoms with van der Waals surface area (Å²) in [7, 11) is 1.45. The molecule has 2 aromatic rings. The van der Waals surface area contributed by atoms with E-state index in [1.54, 1.807) is 12.1 Å². The Labute approximate surface area is 118 Å². The smallest absolute Gasteiger partial charge is 0.249 e. The normalized spacial score (nSPS) is 9.76. The van der Waals surface area contributed by atoms with Gasteiger partial charge in [-0.15, -0.1) is 4.85 Å². The maximum Gasteiger partial charge on any atom is 0.249 e. The van der Waals surface area contributed by atoms with Gasteiger partial charge in [-0.25, -0.2) is 0 Å². The van der Waals surface area contributed by atoms with Gasteiger partial charge in [-0.1, -0.05) is 17.2 Å². The van der Waals surface area contributed by atoms with Gasteiger partial charge in [0.1, 0.15) is 12.4 Å². The number of nitrogens with zero attached hydrogens (tertiary/aromatic N) is 5. The summed E-state index contributed by atoms with van der Waals surface area (Å²) in [5.74, 6) is -0.148. The van der Waals surface area contributed by atoms with Gasteiger partial charge in [-0.2, -0.15) is 0 Å². The molecule has 0 aliphatic heterocycles. The molecule has 0 radical (unpaired) electrons. The van der Waals surface area contributed by atoms with Gasteiger partial charge in [0.15, 0.2) is 0 Å². The lowest BCUT2D eigenvalue weighted by molar-refractivity contribution is 0.0996. The van der Waals surface area contributed by atoms with Crippen molar-refractivity contribution in [3.05, 3.63) is 52.0 Å². The van der Waals surface area contributed by atoms with E-state index >= 15 is 0 Å². The molecule has 0 atom stereocenters. The summed E-state index contributed by atoms with van der Waals surface area (Å²) in [6.07, 6.45) is 1.30. The summed E-state index contributed by atoms with van der Waals surface area (Å²) in [6.45, 7) is -0.0386. The predicted molar refractivity (Wildman–Crippen MR) is 70.2 cm³/mol. The standard InChI is InChI=1S/C12H11N5O4/c1-20-10-4-2-3-8(12(18)14-16-13)9(10)7-21-11-5-6-17(19)15-11/h2-6,19H,7H2,1H3.